The Hall–Kier alpha value is -3.56. The van der Waals surface area contributed by atoms with Gasteiger partial charge in [-0.05, 0) is 74.2 Å². The summed E-state index contributed by atoms with van der Waals surface area (Å²) >= 11 is 6.45. The molecule has 0 unspecified atom stereocenters. The van der Waals surface area contributed by atoms with Gasteiger partial charge in [0, 0.05) is 18.1 Å². The van der Waals surface area contributed by atoms with Gasteiger partial charge in [0.05, 0.1) is 17.2 Å². The molecule has 3 rings (SSSR count). The molecule has 1 N–H and O–H groups in total. The summed E-state index contributed by atoms with van der Waals surface area (Å²) in [6.07, 6.45) is 0.330. The average Bonchev–Trinajstić information content (AvgIpc) is 2.96. The highest BCUT2D eigenvalue weighted by Crippen LogP contribution is 2.27. The van der Waals surface area contributed by atoms with Crippen molar-refractivity contribution < 1.29 is 22.7 Å². The van der Waals surface area contributed by atoms with Crippen molar-refractivity contribution in [3.05, 3.63) is 88.9 Å². The maximum atomic E-state index is 14.1. The lowest BCUT2D eigenvalue weighted by Crippen LogP contribution is -2.52. The summed E-state index contributed by atoms with van der Waals surface area (Å²) in [5.74, 6) is -0.0756. The van der Waals surface area contributed by atoms with Crippen LogP contribution in [-0.4, -0.2) is 50.9 Å². The molecule has 0 aliphatic rings. The number of nitrogens with zero attached hydrogens (tertiary/aromatic N) is 2. The van der Waals surface area contributed by atoms with Gasteiger partial charge in [-0.2, -0.15) is 0 Å². The van der Waals surface area contributed by atoms with Gasteiger partial charge in [0.2, 0.25) is 11.8 Å². The number of nitrogens with one attached hydrogen (secondary N) is 1. The van der Waals surface area contributed by atoms with Crippen molar-refractivity contribution in [3.8, 4) is 5.75 Å². The van der Waals surface area contributed by atoms with Gasteiger partial charge in [-0.25, -0.2) is 8.42 Å². The van der Waals surface area contributed by atoms with Crippen LogP contribution in [0.1, 0.15) is 45.2 Å². The van der Waals surface area contributed by atoms with Crippen molar-refractivity contribution in [2.24, 2.45) is 5.92 Å². The number of rotatable bonds is 14. The Kier molecular flexibility index (Phi) is 11.8. The second kappa shape index (κ2) is 15.1. The van der Waals surface area contributed by atoms with Gasteiger partial charge in [0.25, 0.3) is 10.0 Å². The molecule has 0 heterocycles. The van der Waals surface area contributed by atoms with Crippen LogP contribution in [0.5, 0.6) is 5.75 Å². The maximum Gasteiger partial charge on any atom is 0.264 e. The minimum absolute atomic E-state index is 0.0127. The predicted molar refractivity (Wildman–Crippen MR) is 167 cm³/mol. The van der Waals surface area contributed by atoms with Crippen molar-refractivity contribution in [1.29, 1.82) is 0 Å². The van der Waals surface area contributed by atoms with Gasteiger partial charge in [-0.1, -0.05) is 68.3 Å². The summed E-state index contributed by atoms with van der Waals surface area (Å²) in [5, 5.41) is 3.37. The molecule has 0 saturated carbocycles. The van der Waals surface area contributed by atoms with E-state index in [0.717, 1.165) is 9.87 Å². The monoisotopic (exact) mass is 613 g/mol. The normalized spacial score (nSPS) is 12.1. The van der Waals surface area contributed by atoms with E-state index in [4.69, 9.17) is 16.3 Å². The van der Waals surface area contributed by atoms with Crippen molar-refractivity contribution in [2.75, 3.05) is 24.0 Å². The molecule has 10 heteroatoms. The first-order chi connectivity index (χ1) is 20.0. The van der Waals surface area contributed by atoms with Gasteiger partial charge in [0.15, 0.2) is 0 Å². The third-order valence-corrected chi connectivity index (χ3v) is 8.85. The fraction of sp³-hybridized carbons (Fsp3) is 0.375. The zero-order chi connectivity index (χ0) is 30.9. The van der Waals surface area contributed by atoms with E-state index in [2.05, 4.69) is 5.32 Å². The first-order valence-corrected chi connectivity index (χ1v) is 15.9. The molecule has 0 spiro atoms. The third-order valence-electron chi connectivity index (χ3n) is 6.69. The number of aryl methyl sites for hydroxylation is 1. The molecule has 0 aliphatic carbocycles. The number of benzene rings is 3. The summed E-state index contributed by atoms with van der Waals surface area (Å²) in [5.41, 5.74) is 1.92. The largest absolute Gasteiger partial charge is 0.494 e. The van der Waals surface area contributed by atoms with E-state index < -0.39 is 28.5 Å². The number of hydrogen-bond acceptors (Lipinski definition) is 5. The molecule has 3 aromatic rings. The quantitative estimate of drug-likeness (QED) is 0.247. The molecule has 226 valence electrons. The fourth-order valence-electron chi connectivity index (χ4n) is 4.39. The molecule has 42 heavy (non-hydrogen) atoms. The van der Waals surface area contributed by atoms with E-state index >= 15 is 0 Å². The fourth-order valence-corrected chi connectivity index (χ4v) is 6.00. The Morgan fingerprint density at radius 1 is 0.952 bits per heavy atom. The van der Waals surface area contributed by atoms with E-state index in [0.29, 0.717) is 41.6 Å². The van der Waals surface area contributed by atoms with Crippen LogP contribution < -0.4 is 14.4 Å². The topological polar surface area (TPSA) is 96.0 Å². The SMILES string of the molecule is CCOc1ccc(S(=O)(=O)N(CC(=O)N(Cc2ccccc2Cl)[C@H](CC)C(=O)NCC(C)C)c2ccc(C)cc2)cc1. The predicted octanol–water partition coefficient (Wildman–Crippen LogP) is 5.82. The summed E-state index contributed by atoms with van der Waals surface area (Å²) in [6.45, 7) is 9.95. The molecule has 2 amide bonds. The summed E-state index contributed by atoms with van der Waals surface area (Å²) < 4.78 is 34.6. The highest BCUT2D eigenvalue weighted by atomic mass is 35.5. The van der Waals surface area contributed by atoms with Crippen LogP contribution in [0.3, 0.4) is 0 Å². The Balaban J connectivity index is 2.04. The number of halogens is 1. The highest BCUT2D eigenvalue weighted by molar-refractivity contribution is 7.92. The van der Waals surface area contributed by atoms with Gasteiger partial charge < -0.3 is 15.0 Å². The van der Waals surface area contributed by atoms with Gasteiger partial charge in [-0.3, -0.25) is 13.9 Å². The Morgan fingerprint density at radius 2 is 1.60 bits per heavy atom. The van der Waals surface area contributed by atoms with Gasteiger partial charge in [-0.15, -0.1) is 0 Å². The first kappa shape index (κ1) is 32.9. The number of carbonyl (C=O) groups is 2. The lowest BCUT2D eigenvalue weighted by molar-refractivity contribution is -0.140. The van der Waals surface area contributed by atoms with Crippen LogP contribution in [0.2, 0.25) is 5.02 Å². The number of ether oxygens (including phenoxy) is 1. The molecule has 0 fully saturated rings. The van der Waals surface area contributed by atoms with E-state index in [-0.39, 0.29) is 23.3 Å². The Morgan fingerprint density at radius 3 is 2.17 bits per heavy atom. The van der Waals surface area contributed by atoms with Crippen LogP contribution in [0, 0.1) is 12.8 Å². The molecule has 0 aliphatic heterocycles. The first-order valence-electron chi connectivity index (χ1n) is 14.1. The molecule has 0 bridgehead atoms. The standard InChI is InChI=1S/C32H40ClN3O5S/c1-6-30(32(38)34-20-23(3)4)35(21-25-10-8-9-11-29(25)33)31(37)22-36(26-14-12-24(5)13-15-26)42(39,40)28-18-16-27(17-19-28)41-7-2/h8-19,23,30H,6-7,20-22H2,1-5H3,(H,34,38)/t30-/m1/s1. The van der Waals surface area contributed by atoms with Crippen molar-refractivity contribution in [1.82, 2.24) is 10.2 Å². The van der Waals surface area contributed by atoms with E-state index in [9.17, 15) is 18.0 Å². The average molecular weight is 614 g/mol. The number of amides is 2. The van der Waals surface area contributed by atoms with E-state index in [1.165, 1.54) is 17.0 Å². The summed E-state index contributed by atoms with van der Waals surface area (Å²) in [7, 11) is -4.18. The lowest BCUT2D eigenvalue weighted by atomic mass is 10.1. The van der Waals surface area contributed by atoms with Crippen LogP contribution in [0.15, 0.2) is 77.7 Å². The van der Waals surface area contributed by atoms with Crippen LogP contribution in [0.4, 0.5) is 5.69 Å². The smallest absolute Gasteiger partial charge is 0.264 e. The molecule has 3 aromatic carbocycles. The second-order valence-electron chi connectivity index (χ2n) is 10.4. The Bertz CT molecular complexity index is 1440. The third kappa shape index (κ3) is 8.49. The zero-order valence-corrected chi connectivity index (χ0v) is 26.4. The second-order valence-corrected chi connectivity index (χ2v) is 12.7. The highest BCUT2D eigenvalue weighted by Gasteiger charge is 2.34. The number of hydrogen-bond donors (Lipinski definition) is 1. The van der Waals surface area contributed by atoms with Crippen LogP contribution in [0.25, 0.3) is 0 Å². The summed E-state index contributed by atoms with van der Waals surface area (Å²) in [6, 6.07) is 19.3. The van der Waals surface area contributed by atoms with Crippen molar-refractivity contribution in [3.63, 3.8) is 0 Å². The summed E-state index contributed by atoms with van der Waals surface area (Å²) in [4.78, 5) is 28.9. The minimum atomic E-state index is -4.18. The van der Waals surface area contributed by atoms with E-state index in [1.807, 2.05) is 34.6 Å². The van der Waals surface area contributed by atoms with Crippen molar-refractivity contribution >= 4 is 39.1 Å². The molecular weight excluding hydrogens is 574 g/mol. The minimum Gasteiger partial charge on any atom is -0.494 e. The van der Waals surface area contributed by atoms with Crippen LogP contribution in [-0.2, 0) is 26.2 Å². The van der Waals surface area contributed by atoms with Crippen molar-refractivity contribution in [2.45, 2.75) is 58.5 Å². The Labute approximate surface area is 254 Å². The van der Waals surface area contributed by atoms with Crippen LogP contribution >= 0.6 is 11.6 Å². The molecular formula is C32H40ClN3O5S. The molecule has 1 atom stereocenters. The molecule has 0 radical (unpaired) electrons. The number of carbonyl (C=O) groups excluding carboxylic acids is 2. The molecule has 8 nitrogen and oxygen atoms in total. The lowest BCUT2D eigenvalue weighted by Gasteiger charge is -2.33. The molecule has 0 saturated heterocycles. The molecule has 0 aromatic heterocycles. The zero-order valence-electron chi connectivity index (χ0n) is 24.8. The van der Waals surface area contributed by atoms with Gasteiger partial charge in [0.1, 0.15) is 18.3 Å². The number of anilines is 1. The van der Waals surface area contributed by atoms with Gasteiger partial charge >= 0.3 is 0 Å². The van der Waals surface area contributed by atoms with E-state index in [1.54, 1.807) is 60.7 Å². The number of sulfonamides is 1. The maximum absolute atomic E-state index is 14.1.